The van der Waals surface area contributed by atoms with E-state index in [1.807, 2.05) is 0 Å². The van der Waals surface area contributed by atoms with Crippen molar-refractivity contribution in [3.8, 4) is 11.5 Å². The maximum atomic E-state index is 13.4. The Morgan fingerprint density at radius 3 is 2.10 bits per heavy atom. The fourth-order valence-corrected chi connectivity index (χ4v) is 3.89. The fraction of sp³-hybridized carbons (Fsp3) is 0.316. The molecule has 156 valence electrons. The summed E-state index contributed by atoms with van der Waals surface area (Å²) >= 11 is 0. The van der Waals surface area contributed by atoms with E-state index in [1.54, 1.807) is 51.1 Å². The van der Waals surface area contributed by atoms with E-state index in [9.17, 15) is 19.5 Å². The maximum absolute atomic E-state index is 13.4. The zero-order valence-corrected chi connectivity index (χ0v) is 17.2. The Bertz CT molecular complexity index is 872. The minimum absolute atomic E-state index is 0.0782. The minimum atomic E-state index is -4.09. The van der Waals surface area contributed by atoms with Crippen molar-refractivity contribution < 1.29 is 28.1 Å². The Balaban J connectivity index is 2.28. The highest BCUT2D eigenvalue weighted by Gasteiger charge is 2.35. The third-order valence-corrected chi connectivity index (χ3v) is 5.13. The van der Waals surface area contributed by atoms with Gasteiger partial charge < -0.3 is 13.8 Å². The van der Waals surface area contributed by atoms with Crippen molar-refractivity contribution in [2.45, 2.75) is 39.3 Å². The van der Waals surface area contributed by atoms with Crippen LogP contribution in [0.5, 0.6) is 11.5 Å². The van der Waals surface area contributed by atoms with Crippen molar-refractivity contribution in [1.29, 1.82) is 0 Å². The van der Waals surface area contributed by atoms with Crippen LogP contribution in [0, 0.1) is 10.1 Å². The average molecular weight is 422 g/mol. The van der Waals surface area contributed by atoms with E-state index in [-0.39, 0.29) is 29.7 Å². The summed E-state index contributed by atoms with van der Waals surface area (Å²) < 4.78 is 29.7. The van der Waals surface area contributed by atoms with Crippen molar-refractivity contribution in [2.75, 3.05) is 0 Å². The maximum Gasteiger partial charge on any atom is 0.513 e. The van der Waals surface area contributed by atoms with E-state index in [2.05, 4.69) is 5.09 Å². The first-order valence-electron chi connectivity index (χ1n) is 8.99. The lowest BCUT2D eigenvalue weighted by atomic mass is 10.2. The van der Waals surface area contributed by atoms with Gasteiger partial charge in [0.05, 0.1) is 11.0 Å². The Kier molecular flexibility index (Phi) is 7.75. The molecule has 0 aliphatic carbocycles. The SMILES string of the molecule is CC[C@H](NP(=O)(Oc1ccccc1)Oc1ccc([N+](=O)[O-])cc1)C(=O)OC(C)C. The van der Waals surface area contributed by atoms with Gasteiger partial charge in [0, 0.05) is 12.1 Å². The lowest BCUT2D eigenvalue weighted by molar-refractivity contribution is -0.384. The largest absolute Gasteiger partial charge is 0.513 e. The summed E-state index contributed by atoms with van der Waals surface area (Å²) in [5.41, 5.74) is -0.143. The van der Waals surface area contributed by atoms with Crippen molar-refractivity contribution in [3.63, 3.8) is 0 Å². The van der Waals surface area contributed by atoms with E-state index in [0.717, 1.165) is 0 Å². The van der Waals surface area contributed by atoms with Gasteiger partial charge in [-0.25, -0.2) is 4.57 Å². The third-order valence-electron chi connectivity index (χ3n) is 3.60. The molecule has 0 fully saturated rings. The minimum Gasteiger partial charge on any atom is -0.462 e. The number of nitrogens with zero attached hydrogens (tertiary/aromatic N) is 1. The van der Waals surface area contributed by atoms with Crippen LogP contribution in [0.25, 0.3) is 0 Å². The number of rotatable bonds is 10. The molecular weight excluding hydrogens is 399 g/mol. The predicted molar refractivity (Wildman–Crippen MR) is 107 cm³/mol. The summed E-state index contributed by atoms with van der Waals surface area (Å²) in [5, 5.41) is 13.4. The van der Waals surface area contributed by atoms with Gasteiger partial charge in [0.1, 0.15) is 17.5 Å². The number of nitrogens with one attached hydrogen (secondary N) is 1. The molecule has 2 rings (SSSR count). The lowest BCUT2D eigenvalue weighted by Crippen LogP contribution is -2.38. The second kappa shape index (κ2) is 10.0. The number of benzene rings is 2. The summed E-state index contributed by atoms with van der Waals surface area (Å²) in [6.45, 7) is 5.13. The van der Waals surface area contributed by atoms with Gasteiger partial charge in [-0.05, 0) is 44.5 Å². The highest BCUT2D eigenvalue weighted by Crippen LogP contribution is 2.45. The number of non-ortho nitro benzene ring substituents is 1. The van der Waals surface area contributed by atoms with Gasteiger partial charge in [0.15, 0.2) is 0 Å². The molecule has 29 heavy (non-hydrogen) atoms. The topological polar surface area (TPSA) is 117 Å². The number of carbonyl (C=O) groups is 1. The summed E-state index contributed by atoms with van der Waals surface area (Å²) in [6, 6.07) is 12.4. The molecule has 0 aliphatic heterocycles. The first-order valence-corrected chi connectivity index (χ1v) is 10.5. The van der Waals surface area contributed by atoms with Crippen LogP contribution in [-0.2, 0) is 14.1 Å². The quantitative estimate of drug-likeness (QED) is 0.258. The monoisotopic (exact) mass is 422 g/mol. The Labute approximate surface area is 168 Å². The highest BCUT2D eigenvalue weighted by molar-refractivity contribution is 7.52. The van der Waals surface area contributed by atoms with Gasteiger partial charge in [-0.15, -0.1) is 0 Å². The number of hydrogen-bond donors (Lipinski definition) is 1. The number of carbonyl (C=O) groups excluding carboxylic acids is 1. The molecule has 1 N–H and O–H groups in total. The molecule has 2 aromatic carbocycles. The van der Waals surface area contributed by atoms with Crippen LogP contribution in [0.4, 0.5) is 5.69 Å². The molecule has 0 spiro atoms. The zero-order valence-electron chi connectivity index (χ0n) is 16.3. The molecule has 0 saturated carbocycles. The first-order chi connectivity index (χ1) is 13.7. The van der Waals surface area contributed by atoms with E-state index in [1.165, 1.54) is 24.3 Å². The van der Waals surface area contributed by atoms with Crippen molar-refractivity contribution >= 4 is 19.4 Å². The van der Waals surface area contributed by atoms with Crippen LogP contribution in [0.2, 0.25) is 0 Å². The lowest BCUT2D eigenvalue weighted by Gasteiger charge is -2.24. The molecule has 2 aromatic rings. The molecule has 0 aliphatic rings. The van der Waals surface area contributed by atoms with Gasteiger partial charge in [-0.3, -0.25) is 14.9 Å². The molecule has 0 aromatic heterocycles. The van der Waals surface area contributed by atoms with Gasteiger partial charge in [0.25, 0.3) is 5.69 Å². The van der Waals surface area contributed by atoms with Crippen LogP contribution in [-0.4, -0.2) is 23.0 Å². The molecule has 1 unspecified atom stereocenters. The number of ether oxygens (including phenoxy) is 1. The molecule has 0 saturated heterocycles. The molecular formula is C19H23N2O7P. The average Bonchev–Trinajstić information content (AvgIpc) is 2.66. The number of nitro benzene ring substituents is 1. The van der Waals surface area contributed by atoms with Crippen molar-refractivity contribution in [3.05, 3.63) is 64.7 Å². The van der Waals surface area contributed by atoms with Gasteiger partial charge in [0.2, 0.25) is 0 Å². The standard InChI is InChI=1S/C19H23N2O7P/c1-4-18(19(22)26-14(2)3)20-29(25,27-16-8-6-5-7-9-16)28-17-12-10-15(11-13-17)21(23)24/h5-14,18H,4H2,1-3H3,(H,20,25)/t18-,29?/m0/s1. The number of hydrogen-bond acceptors (Lipinski definition) is 7. The molecule has 9 nitrogen and oxygen atoms in total. The van der Waals surface area contributed by atoms with Crippen molar-refractivity contribution in [1.82, 2.24) is 5.09 Å². The third kappa shape index (κ3) is 6.89. The van der Waals surface area contributed by atoms with Crippen LogP contribution in [0.3, 0.4) is 0 Å². The fourth-order valence-electron chi connectivity index (χ4n) is 2.27. The van der Waals surface area contributed by atoms with E-state index < -0.39 is 24.7 Å². The van der Waals surface area contributed by atoms with Crippen LogP contribution < -0.4 is 14.1 Å². The molecule has 2 atom stereocenters. The molecule has 0 amide bonds. The number of esters is 1. The number of para-hydroxylation sites is 1. The van der Waals surface area contributed by atoms with Crippen LogP contribution >= 0.6 is 7.75 Å². The van der Waals surface area contributed by atoms with E-state index in [0.29, 0.717) is 0 Å². The summed E-state index contributed by atoms with van der Waals surface area (Å²) in [5.74, 6) is -0.251. The van der Waals surface area contributed by atoms with Gasteiger partial charge >= 0.3 is 13.7 Å². The van der Waals surface area contributed by atoms with E-state index in [4.69, 9.17) is 13.8 Å². The molecule has 10 heteroatoms. The molecule has 0 bridgehead atoms. The van der Waals surface area contributed by atoms with Crippen molar-refractivity contribution in [2.24, 2.45) is 0 Å². The van der Waals surface area contributed by atoms with Crippen LogP contribution in [0.15, 0.2) is 54.6 Å². The second-order valence-electron chi connectivity index (χ2n) is 6.32. The number of nitro groups is 1. The highest BCUT2D eigenvalue weighted by atomic mass is 31.2. The van der Waals surface area contributed by atoms with Gasteiger partial charge in [-0.1, -0.05) is 25.1 Å². The molecule has 0 heterocycles. The molecule has 0 radical (unpaired) electrons. The zero-order chi connectivity index (χ0) is 21.4. The Morgan fingerprint density at radius 2 is 1.62 bits per heavy atom. The van der Waals surface area contributed by atoms with Crippen LogP contribution in [0.1, 0.15) is 27.2 Å². The summed E-state index contributed by atoms with van der Waals surface area (Å²) in [4.78, 5) is 22.5. The normalized spacial score (nSPS) is 13.9. The first kappa shape index (κ1) is 22.4. The Hall–Kier alpha value is -2.90. The summed E-state index contributed by atoms with van der Waals surface area (Å²) in [6.07, 6.45) is -0.0690. The Morgan fingerprint density at radius 1 is 1.07 bits per heavy atom. The predicted octanol–water partition coefficient (Wildman–Crippen LogP) is 4.48. The smallest absolute Gasteiger partial charge is 0.462 e. The summed E-state index contributed by atoms with van der Waals surface area (Å²) in [7, 11) is -4.09. The van der Waals surface area contributed by atoms with E-state index >= 15 is 0 Å². The second-order valence-corrected chi connectivity index (χ2v) is 7.94. The van der Waals surface area contributed by atoms with Gasteiger partial charge in [-0.2, -0.15) is 5.09 Å².